The van der Waals surface area contributed by atoms with Crippen LogP contribution in [0.2, 0.25) is 0 Å². The predicted octanol–water partition coefficient (Wildman–Crippen LogP) is 7.10. The maximum atomic E-state index is 13.3. The molecule has 2 aromatic rings. The topological polar surface area (TPSA) is 55.8 Å². The second-order valence-electron chi connectivity index (χ2n) is 10.9. The van der Waals surface area contributed by atoms with Crippen LogP contribution in [0.15, 0.2) is 47.5 Å². The second-order valence-corrected chi connectivity index (χ2v) is 11.4. The lowest BCUT2D eigenvalue weighted by atomic mass is 9.77. The Bertz CT molecular complexity index is 1260. The van der Waals surface area contributed by atoms with Crippen molar-refractivity contribution in [1.82, 2.24) is 0 Å². The number of esters is 1. The van der Waals surface area contributed by atoms with E-state index in [1.807, 2.05) is 58.0 Å². The van der Waals surface area contributed by atoms with E-state index in [9.17, 15) is 9.90 Å². The zero-order valence-corrected chi connectivity index (χ0v) is 23.3. The molecule has 3 atom stereocenters. The van der Waals surface area contributed by atoms with Gasteiger partial charge in [0.2, 0.25) is 0 Å². The molecule has 3 unspecified atom stereocenters. The van der Waals surface area contributed by atoms with Crippen LogP contribution in [-0.2, 0) is 14.3 Å². The van der Waals surface area contributed by atoms with Crippen LogP contribution < -0.4 is 0 Å². The van der Waals surface area contributed by atoms with E-state index in [4.69, 9.17) is 21.1 Å². The fraction of sp³-hybridized carbons (Fsp3) is 0.452. The van der Waals surface area contributed by atoms with Gasteiger partial charge in [0.1, 0.15) is 5.60 Å². The number of halogens is 1. The van der Waals surface area contributed by atoms with Gasteiger partial charge in [0.25, 0.3) is 0 Å². The molecule has 36 heavy (non-hydrogen) atoms. The Hall–Kier alpha value is -2.58. The summed E-state index contributed by atoms with van der Waals surface area (Å²) in [6.07, 6.45) is 5.15. The molecule has 5 heteroatoms. The first-order chi connectivity index (χ1) is 16.7. The van der Waals surface area contributed by atoms with Gasteiger partial charge in [0.15, 0.2) is 6.10 Å². The maximum Gasteiger partial charge on any atom is 0.339 e. The van der Waals surface area contributed by atoms with E-state index in [0.717, 1.165) is 33.0 Å². The largest absolute Gasteiger partial charge is 0.464 e. The average molecular weight is 509 g/mol. The Labute approximate surface area is 220 Å². The number of hydrogen-bond donors (Lipinski definition) is 1. The SMILES string of the molecule is CCOC(=O)C(OC(C)(C)C)c1c(C)cc2ccc(C#CC(C)(C)O)cc2c1C1C=CC(Cl)=CC1C. The van der Waals surface area contributed by atoms with Crippen molar-refractivity contribution in [2.45, 2.75) is 78.6 Å². The minimum atomic E-state index is -1.10. The van der Waals surface area contributed by atoms with E-state index < -0.39 is 23.3 Å². The highest BCUT2D eigenvalue weighted by molar-refractivity contribution is 6.31. The summed E-state index contributed by atoms with van der Waals surface area (Å²) in [6.45, 7) is 15.3. The van der Waals surface area contributed by atoms with Crippen LogP contribution in [0, 0.1) is 24.7 Å². The van der Waals surface area contributed by atoms with Gasteiger partial charge in [0.05, 0.1) is 12.2 Å². The molecule has 0 amide bonds. The standard InChI is InChI=1S/C31H37ClO4/c1-9-35-29(33)28(36-30(4,5)6)26-20(3)16-22-11-10-21(14-15-31(7,8)34)18-25(22)27(26)24-13-12-23(32)17-19(24)2/h10-13,16-19,24,28,34H,9H2,1-8H3. The Balaban J connectivity index is 2.38. The first-order valence-corrected chi connectivity index (χ1v) is 12.8. The summed E-state index contributed by atoms with van der Waals surface area (Å²) < 4.78 is 11.9. The number of hydrogen-bond acceptors (Lipinski definition) is 4. The molecular formula is C31H37ClO4. The number of rotatable bonds is 5. The molecule has 0 fully saturated rings. The molecule has 0 aromatic heterocycles. The molecule has 0 saturated heterocycles. The van der Waals surface area contributed by atoms with Crippen LogP contribution in [0.1, 0.15) is 82.7 Å². The number of fused-ring (bicyclic) bond motifs is 1. The first-order valence-electron chi connectivity index (χ1n) is 12.4. The molecule has 0 heterocycles. The van der Waals surface area contributed by atoms with Crippen molar-refractivity contribution in [3.8, 4) is 11.8 Å². The second kappa shape index (κ2) is 10.8. The Morgan fingerprint density at radius 2 is 1.89 bits per heavy atom. The Kier molecular flexibility index (Phi) is 8.41. The Morgan fingerprint density at radius 3 is 2.47 bits per heavy atom. The third-order valence-electron chi connectivity index (χ3n) is 5.96. The van der Waals surface area contributed by atoms with E-state index in [2.05, 4.69) is 30.9 Å². The first kappa shape index (κ1) is 28.0. The zero-order chi connectivity index (χ0) is 26.8. The summed E-state index contributed by atoms with van der Waals surface area (Å²) >= 11 is 6.34. The van der Waals surface area contributed by atoms with Crippen LogP contribution in [-0.4, -0.2) is 28.9 Å². The molecule has 0 aliphatic heterocycles. The molecule has 0 saturated carbocycles. The lowest BCUT2D eigenvalue weighted by Gasteiger charge is -2.33. The highest BCUT2D eigenvalue weighted by Gasteiger charge is 2.35. The summed E-state index contributed by atoms with van der Waals surface area (Å²) in [5.74, 6) is 5.64. The van der Waals surface area contributed by atoms with E-state index in [0.29, 0.717) is 5.03 Å². The van der Waals surface area contributed by atoms with Crippen molar-refractivity contribution in [1.29, 1.82) is 0 Å². The van der Waals surface area contributed by atoms with E-state index >= 15 is 0 Å². The Morgan fingerprint density at radius 1 is 1.19 bits per heavy atom. The fourth-order valence-corrected chi connectivity index (χ4v) is 4.80. The lowest BCUT2D eigenvalue weighted by molar-refractivity contribution is -0.167. The predicted molar refractivity (Wildman–Crippen MR) is 147 cm³/mol. The van der Waals surface area contributed by atoms with Crippen molar-refractivity contribution >= 4 is 28.3 Å². The van der Waals surface area contributed by atoms with Crippen LogP contribution in [0.25, 0.3) is 10.8 Å². The van der Waals surface area contributed by atoms with E-state index in [1.54, 1.807) is 20.8 Å². The number of benzene rings is 2. The minimum Gasteiger partial charge on any atom is -0.464 e. The smallest absolute Gasteiger partial charge is 0.339 e. The normalized spacial score (nSPS) is 18.9. The summed E-state index contributed by atoms with van der Waals surface area (Å²) in [6, 6.07) is 8.11. The van der Waals surface area contributed by atoms with Crippen molar-refractivity contribution in [2.24, 2.45) is 5.92 Å². The third kappa shape index (κ3) is 6.79. The number of carbonyl (C=O) groups excluding carboxylic acids is 1. The highest BCUT2D eigenvalue weighted by atomic mass is 35.5. The van der Waals surface area contributed by atoms with Gasteiger partial charge in [-0.3, -0.25) is 0 Å². The summed E-state index contributed by atoms with van der Waals surface area (Å²) in [5.41, 5.74) is 1.88. The van der Waals surface area contributed by atoms with Gasteiger partial charge in [-0.2, -0.15) is 0 Å². The lowest BCUT2D eigenvalue weighted by Crippen LogP contribution is -2.30. The third-order valence-corrected chi connectivity index (χ3v) is 6.21. The molecule has 0 bridgehead atoms. The van der Waals surface area contributed by atoms with Gasteiger partial charge < -0.3 is 14.6 Å². The van der Waals surface area contributed by atoms with Gasteiger partial charge in [-0.15, -0.1) is 0 Å². The van der Waals surface area contributed by atoms with Crippen molar-refractivity contribution in [2.75, 3.05) is 6.61 Å². The summed E-state index contributed by atoms with van der Waals surface area (Å²) in [4.78, 5) is 13.3. The molecule has 2 aromatic carbocycles. The number of allylic oxidation sites excluding steroid dienone is 4. The monoisotopic (exact) mass is 508 g/mol. The van der Waals surface area contributed by atoms with Gasteiger partial charge in [-0.25, -0.2) is 4.79 Å². The van der Waals surface area contributed by atoms with Crippen LogP contribution in [0.5, 0.6) is 0 Å². The maximum absolute atomic E-state index is 13.3. The van der Waals surface area contributed by atoms with Crippen molar-refractivity contribution in [3.05, 3.63) is 69.8 Å². The number of aliphatic hydroxyl groups is 1. The van der Waals surface area contributed by atoms with Gasteiger partial charge in [-0.05, 0) is 100 Å². The molecule has 1 aliphatic rings. The fourth-order valence-electron chi connectivity index (χ4n) is 4.53. The number of ether oxygens (including phenoxy) is 2. The minimum absolute atomic E-state index is 0.0390. The molecular weight excluding hydrogens is 472 g/mol. The molecule has 1 N–H and O–H groups in total. The van der Waals surface area contributed by atoms with Crippen LogP contribution in [0.4, 0.5) is 0 Å². The highest BCUT2D eigenvalue weighted by Crippen LogP contribution is 2.44. The van der Waals surface area contributed by atoms with Gasteiger partial charge >= 0.3 is 5.97 Å². The van der Waals surface area contributed by atoms with E-state index in [1.165, 1.54) is 0 Å². The summed E-state index contributed by atoms with van der Waals surface area (Å²) in [7, 11) is 0. The van der Waals surface area contributed by atoms with Crippen molar-refractivity contribution < 1.29 is 19.4 Å². The quantitative estimate of drug-likeness (QED) is 0.345. The van der Waals surface area contributed by atoms with E-state index in [-0.39, 0.29) is 18.4 Å². The van der Waals surface area contributed by atoms with Gasteiger partial charge in [0, 0.05) is 16.5 Å². The molecule has 1 aliphatic carbocycles. The summed E-state index contributed by atoms with van der Waals surface area (Å²) in [5, 5.41) is 12.8. The molecule has 0 spiro atoms. The molecule has 3 rings (SSSR count). The molecule has 192 valence electrons. The van der Waals surface area contributed by atoms with Crippen LogP contribution >= 0.6 is 11.6 Å². The van der Waals surface area contributed by atoms with Gasteiger partial charge in [-0.1, -0.05) is 54.7 Å². The van der Waals surface area contributed by atoms with Crippen LogP contribution in [0.3, 0.4) is 0 Å². The molecule has 0 radical (unpaired) electrons. The number of aryl methyl sites for hydroxylation is 1. The average Bonchev–Trinajstić information content (AvgIpc) is 2.75. The zero-order valence-electron chi connectivity index (χ0n) is 22.5. The number of carbonyl (C=O) groups is 1. The molecule has 4 nitrogen and oxygen atoms in total. The van der Waals surface area contributed by atoms with Crippen molar-refractivity contribution in [3.63, 3.8) is 0 Å².